The van der Waals surface area contributed by atoms with Gasteiger partial charge in [0.05, 0.1) is 6.61 Å². The zero-order chi connectivity index (χ0) is 13.0. The van der Waals surface area contributed by atoms with Gasteiger partial charge in [0.2, 0.25) is 0 Å². The first-order valence-electron chi connectivity index (χ1n) is 5.76. The topological polar surface area (TPSA) is 59.1 Å². The van der Waals surface area contributed by atoms with Crippen molar-refractivity contribution in [3.8, 4) is 11.1 Å². The van der Waals surface area contributed by atoms with Gasteiger partial charge in [-0.3, -0.25) is 4.98 Å². The van der Waals surface area contributed by atoms with E-state index in [2.05, 4.69) is 27.0 Å². The molecule has 2 rings (SSSR count). The molecule has 1 aromatic carbocycles. The summed E-state index contributed by atoms with van der Waals surface area (Å²) in [5, 5.41) is 9.05. The lowest BCUT2D eigenvalue weighted by Crippen LogP contribution is -2.27. The molecule has 0 bridgehead atoms. The average molecular weight is 307 g/mol. The minimum absolute atomic E-state index is 0.0210. The number of nitrogens with zero attached hydrogens (tertiary/aromatic N) is 1. The van der Waals surface area contributed by atoms with Crippen molar-refractivity contribution in [2.75, 3.05) is 6.61 Å². The molecule has 1 heterocycles. The van der Waals surface area contributed by atoms with Crippen LogP contribution >= 0.6 is 15.9 Å². The lowest BCUT2D eigenvalue weighted by Gasteiger charge is -2.12. The second-order valence-electron chi connectivity index (χ2n) is 4.19. The van der Waals surface area contributed by atoms with Crippen molar-refractivity contribution in [2.24, 2.45) is 5.73 Å². The second kappa shape index (κ2) is 6.09. The maximum Gasteiger partial charge on any atom is 0.0585 e. The number of hydrogen-bond acceptors (Lipinski definition) is 3. The van der Waals surface area contributed by atoms with Gasteiger partial charge in [-0.1, -0.05) is 28.1 Å². The van der Waals surface area contributed by atoms with Crippen LogP contribution in [0.5, 0.6) is 0 Å². The molecule has 0 aliphatic rings. The van der Waals surface area contributed by atoms with Crippen LogP contribution in [0.1, 0.15) is 5.56 Å². The van der Waals surface area contributed by atoms with Crippen molar-refractivity contribution in [1.29, 1.82) is 0 Å². The Balaban J connectivity index is 2.38. The van der Waals surface area contributed by atoms with E-state index < -0.39 is 0 Å². The first-order chi connectivity index (χ1) is 8.70. The zero-order valence-corrected chi connectivity index (χ0v) is 11.5. The van der Waals surface area contributed by atoms with E-state index in [4.69, 9.17) is 10.8 Å². The van der Waals surface area contributed by atoms with Crippen molar-refractivity contribution < 1.29 is 5.11 Å². The van der Waals surface area contributed by atoms with E-state index >= 15 is 0 Å². The summed E-state index contributed by atoms with van der Waals surface area (Å²) in [6.07, 6.45) is 4.20. The van der Waals surface area contributed by atoms with E-state index in [-0.39, 0.29) is 12.6 Å². The highest BCUT2D eigenvalue weighted by Crippen LogP contribution is 2.26. The minimum atomic E-state index is -0.250. The van der Waals surface area contributed by atoms with Crippen LogP contribution in [-0.4, -0.2) is 22.7 Å². The van der Waals surface area contributed by atoms with Crippen molar-refractivity contribution in [3.05, 3.63) is 52.8 Å². The fourth-order valence-electron chi connectivity index (χ4n) is 1.87. The minimum Gasteiger partial charge on any atom is -0.395 e. The molecule has 1 aromatic heterocycles. The van der Waals surface area contributed by atoms with E-state index in [1.54, 1.807) is 6.20 Å². The maximum absolute atomic E-state index is 9.05. The first-order valence-corrected chi connectivity index (χ1v) is 6.55. The smallest absolute Gasteiger partial charge is 0.0585 e. The maximum atomic E-state index is 9.05. The third-order valence-corrected chi connectivity index (χ3v) is 3.25. The molecule has 0 saturated heterocycles. The average Bonchev–Trinajstić information content (AvgIpc) is 2.39. The molecule has 0 radical (unpaired) electrons. The summed E-state index contributed by atoms with van der Waals surface area (Å²) in [5.74, 6) is 0. The molecule has 18 heavy (non-hydrogen) atoms. The largest absolute Gasteiger partial charge is 0.395 e. The molecule has 0 amide bonds. The Labute approximate surface area is 115 Å². The molecule has 0 fully saturated rings. The molecule has 3 N–H and O–H groups in total. The third-order valence-electron chi connectivity index (χ3n) is 2.76. The van der Waals surface area contributed by atoms with Crippen LogP contribution in [0.2, 0.25) is 0 Å². The molecule has 0 aliphatic carbocycles. The number of halogens is 1. The quantitative estimate of drug-likeness (QED) is 0.912. The fraction of sp³-hybridized carbons (Fsp3) is 0.214. The summed E-state index contributed by atoms with van der Waals surface area (Å²) < 4.78 is 1.04. The van der Waals surface area contributed by atoms with Gasteiger partial charge in [-0.25, -0.2) is 0 Å². The highest BCUT2D eigenvalue weighted by molar-refractivity contribution is 9.10. The van der Waals surface area contributed by atoms with Gasteiger partial charge >= 0.3 is 0 Å². The number of nitrogens with two attached hydrogens (primary N) is 1. The fourth-order valence-corrected chi connectivity index (χ4v) is 2.27. The predicted octanol–water partition coefficient (Wildman–Crippen LogP) is 2.37. The Morgan fingerprint density at radius 2 is 2.17 bits per heavy atom. The van der Waals surface area contributed by atoms with E-state index in [0.29, 0.717) is 6.42 Å². The van der Waals surface area contributed by atoms with Gasteiger partial charge in [0.1, 0.15) is 0 Å². The van der Waals surface area contributed by atoms with Gasteiger partial charge < -0.3 is 10.8 Å². The van der Waals surface area contributed by atoms with Gasteiger partial charge in [0, 0.05) is 22.9 Å². The lowest BCUT2D eigenvalue weighted by molar-refractivity contribution is 0.265. The summed E-state index contributed by atoms with van der Waals surface area (Å²) in [4.78, 5) is 4.13. The first kappa shape index (κ1) is 13.2. The van der Waals surface area contributed by atoms with E-state index in [0.717, 1.165) is 21.2 Å². The summed E-state index contributed by atoms with van der Waals surface area (Å²) in [5.41, 5.74) is 9.07. The molecule has 0 saturated carbocycles. The molecular weight excluding hydrogens is 292 g/mol. The van der Waals surface area contributed by atoms with Crippen molar-refractivity contribution in [2.45, 2.75) is 12.5 Å². The highest BCUT2D eigenvalue weighted by atomic mass is 79.9. The molecular formula is C14H15BrN2O. The van der Waals surface area contributed by atoms with Gasteiger partial charge in [0.25, 0.3) is 0 Å². The Kier molecular flexibility index (Phi) is 4.47. The monoisotopic (exact) mass is 306 g/mol. The lowest BCUT2D eigenvalue weighted by atomic mass is 9.97. The van der Waals surface area contributed by atoms with Crippen LogP contribution in [0.3, 0.4) is 0 Å². The summed E-state index contributed by atoms with van der Waals surface area (Å²) in [6, 6.07) is 9.82. The Morgan fingerprint density at radius 1 is 1.33 bits per heavy atom. The van der Waals surface area contributed by atoms with Gasteiger partial charge in [-0.05, 0) is 41.3 Å². The van der Waals surface area contributed by atoms with Crippen LogP contribution in [0.15, 0.2) is 47.2 Å². The van der Waals surface area contributed by atoms with Gasteiger partial charge in [0.15, 0.2) is 0 Å². The van der Waals surface area contributed by atoms with Gasteiger partial charge in [-0.15, -0.1) is 0 Å². The number of hydrogen-bond donors (Lipinski definition) is 2. The van der Waals surface area contributed by atoms with E-state index in [9.17, 15) is 0 Å². The number of rotatable bonds is 4. The number of aliphatic hydroxyl groups excluding tert-OH is 1. The van der Waals surface area contributed by atoms with Crippen LogP contribution in [0, 0.1) is 0 Å². The number of benzene rings is 1. The molecule has 0 spiro atoms. The van der Waals surface area contributed by atoms with Crippen LogP contribution in [-0.2, 0) is 6.42 Å². The Hall–Kier alpha value is -1.23. The predicted molar refractivity (Wildman–Crippen MR) is 76.1 cm³/mol. The zero-order valence-electron chi connectivity index (χ0n) is 9.88. The van der Waals surface area contributed by atoms with E-state index in [1.807, 2.05) is 30.5 Å². The Bertz CT molecular complexity index is 531. The summed E-state index contributed by atoms with van der Waals surface area (Å²) >= 11 is 3.47. The van der Waals surface area contributed by atoms with E-state index in [1.165, 1.54) is 0 Å². The summed E-state index contributed by atoms with van der Waals surface area (Å²) in [7, 11) is 0. The molecule has 2 aromatic rings. The van der Waals surface area contributed by atoms with Crippen molar-refractivity contribution in [3.63, 3.8) is 0 Å². The number of pyridine rings is 1. The second-order valence-corrected chi connectivity index (χ2v) is 5.11. The van der Waals surface area contributed by atoms with Crippen LogP contribution in [0.4, 0.5) is 0 Å². The van der Waals surface area contributed by atoms with Crippen LogP contribution < -0.4 is 5.73 Å². The van der Waals surface area contributed by atoms with Crippen LogP contribution in [0.25, 0.3) is 11.1 Å². The number of aliphatic hydroxyl groups is 1. The molecule has 3 nitrogen and oxygen atoms in total. The number of aromatic nitrogens is 1. The molecule has 1 atom stereocenters. The van der Waals surface area contributed by atoms with Crippen molar-refractivity contribution >= 4 is 15.9 Å². The van der Waals surface area contributed by atoms with Gasteiger partial charge in [-0.2, -0.15) is 0 Å². The highest BCUT2D eigenvalue weighted by Gasteiger charge is 2.09. The third kappa shape index (κ3) is 3.16. The van der Waals surface area contributed by atoms with Crippen molar-refractivity contribution in [1.82, 2.24) is 4.98 Å². The molecule has 94 valence electrons. The normalized spacial score (nSPS) is 12.4. The summed E-state index contributed by atoms with van der Waals surface area (Å²) in [6.45, 7) is -0.0210. The standard InChI is InChI=1S/C14H15BrN2O/c15-12-3-1-2-10(6-12)14-4-5-17-8-11(14)7-13(16)9-18/h1-6,8,13,18H,7,9,16H2. The Morgan fingerprint density at radius 3 is 2.89 bits per heavy atom. The molecule has 1 unspecified atom stereocenters. The molecule has 0 aliphatic heterocycles. The SMILES string of the molecule is NC(CO)Cc1cnccc1-c1cccc(Br)c1. The molecule has 4 heteroatoms.